The molecule has 1 heterocycles. The number of ether oxygens (including phenoxy) is 1. The van der Waals surface area contributed by atoms with Crippen LogP contribution in [0.3, 0.4) is 0 Å². The van der Waals surface area contributed by atoms with Crippen molar-refractivity contribution in [1.29, 1.82) is 0 Å². The largest absolute Gasteiger partial charge is 0.390 e. The second-order valence-electron chi connectivity index (χ2n) is 5.72. The van der Waals surface area contributed by atoms with Crippen LogP contribution in [-0.4, -0.2) is 32.0 Å². The lowest BCUT2D eigenvalue weighted by atomic mass is 10.1. The van der Waals surface area contributed by atoms with E-state index in [0.29, 0.717) is 13.0 Å². The summed E-state index contributed by atoms with van der Waals surface area (Å²) in [6.45, 7) is 9.26. The molecule has 1 saturated heterocycles. The van der Waals surface area contributed by atoms with E-state index in [1.165, 1.54) is 10.8 Å². The maximum atomic E-state index is 9.83. The van der Waals surface area contributed by atoms with Crippen molar-refractivity contribution < 1.29 is 9.84 Å². The molecule has 0 aliphatic carbocycles. The molecule has 1 aliphatic heterocycles. The van der Waals surface area contributed by atoms with E-state index in [-0.39, 0.29) is 12.2 Å². The van der Waals surface area contributed by atoms with Crippen LogP contribution in [0.25, 0.3) is 0 Å². The van der Waals surface area contributed by atoms with E-state index in [1.54, 1.807) is 0 Å². The molecule has 0 unspecified atom stereocenters. The third-order valence-corrected chi connectivity index (χ3v) is 6.83. The highest BCUT2D eigenvalue weighted by molar-refractivity contribution is 6.90. The van der Waals surface area contributed by atoms with Gasteiger partial charge in [-0.05, 0) is 11.6 Å². The van der Waals surface area contributed by atoms with Crippen LogP contribution < -0.4 is 5.19 Å². The third kappa shape index (κ3) is 3.31. The van der Waals surface area contributed by atoms with Crippen LogP contribution in [0.2, 0.25) is 19.1 Å². The molecule has 0 bridgehead atoms. The lowest BCUT2D eigenvalue weighted by Gasteiger charge is -2.21. The molecule has 1 aliphatic rings. The molecule has 0 saturated carbocycles. The third-order valence-electron chi connectivity index (χ3n) is 3.62. The molecule has 1 aromatic carbocycles. The van der Waals surface area contributed by atoms with Gasteiger partial charge in [0.1, 0.15) is 6.10 Å². The Morgan fingerprint density at radius 2 is 2.06 bits per heavy atom. The smallest absolute Gasteiger partial charge is 0.107 e. The fraction of sp³-hybridized carbons (Fsp3) is 0.467. The number of benzene rings is 1. The average Bonchev–Trinajstić information content (AvgIpc) is 3.13. The van der Waals surface area contributed by atoms with Gasteiger partial charge in [-0.2, -0.15) is 0 Å². The minimum absolute atomic E-state index is 0.0660. The maximum Gasteiger partial charge on any atom is 0.107 e. The van der Waals surface area contributed by atoms with Crippen LogP contribution in [0.1, 0.15) is 5.56 Å². The highest BCUT2D eigenvalue weighted by Crippen LogP contribution is 2.18. The first-order chi connectivity index (χ1) is 8.53. The van der Waals surface area contributed by atoms with Crippen LogP contribution in [0.15, 0.2) is 36.9 Å². The van der Waals surface area contributed by atoms with Gasteiger partial charge in [-0.3, -0.25) is 0 Å². The Balaban J connectivity index is 2.02. The highest BCUT2D eigenvalue weighted by atomic mass is 28.3. The van der Waals surface area contributed by atoms with Crippen LogP contribution in [-0.2, 0) is 11.2 Å². The van der Waals surface area contributed by atoms with Gasteiger partial charge in [-0.15, -0.1) is 6.58 Å². The number of hydrogen-bond donors (Lipinski definition) is 1. The van der Waals surface area contributed by atoms with Crippen molar-refractivity contribution in [3.05, 3.63) is 42.5 Å². The van der Waals surface area contributed by atoms with Crippen LogP contribution in [0.4, 0.5) is 0 Å². The molecule has 0 radical (unpaired) electrons. The molecule has 0 aromatic heterocycles. The Kier molecular flexibility index (Phi) is 4.05. The first kappa shape index (κ1) is 13.5. The van der Waals surface area contributed by atoms with Gasteiger partial charge in [0, 0.05) is 6.42 Å². The number of hydrogen-bond acceptors (Lipinski definition) is 2. The van der Waals surface area contributed by atoms with E-state index >= 15 is 0 Å². The monoisotopic (exact) mass is 262 g/mol. The molecule has 2 atom stereocenters. The van der Waals surface area contributed by atoms with E-state index in [1.807, 2.05) is 6.08 Å². The predicted molar refractivity (Wildman–Crippen MR) is 78.0 cm³/mol. The summed E-state index contributed by atoms with van der Waals surface area (Å²) < 4.78 is 5.10. The van der Waals surface area contributed by atoms with Crippen LogP contribution in [0, 0.1) is 0 Å². The molecule has 18 heavy (non-hydrogen) atoms. The summed E-state index contributed by atoms with van der Waals surface area (Å²) in [5.41, 5.74) is 1.19. The number of aliphatic hydroxyl groups excluding tert-OH is 1. The Hall–Kier alpha value is -0.903. The number of epoxide rings is 1. The summed E-state index contributed by atoms with van der Waals surface area (Å²) in [4.78, 5) is 0. The van der Waals surface area contributed by atoms with Crippen molar-refractivity contribution in [1.82, 2.24) is 0 Å². The highest BCUT2D eigenvalue weighted by Gasteiger charge is 2.31. The lowest BCUT2D eigenvalue weighted by Crippen LogP contribution is -2.40. The van der Waals surface area contributed by atoms with Crippen molar-refractivity contribution in [3.63, 3.8) is 0 Å². The van der Waals surface area contributed by atoms with E-state index < -0.39 is 8.07 Å². The molecular weight excluding hydrogens is 240 g/mol. The molecule has 1 fully saturated rings. The van der Waals surface area contributed by atoms with E-state index in [2.05, 4.69) is 43.9 Å². The SMILES string of the molecule is C=CC[Si](C)(C)c1ccc(C[C@@H](O)[C@@H]2CO2)cc1. The average molecular weight is 262 g/mol. The van der Waals surface area contributed by atoms with Crippen LogP contribution in [0.5, 0.6) is 0 Å². The fourth-order valence-electron chi connectivity index (χ4n) is 2.22. The molecule has 3 heteroatoms. The van der Waals surface area contributed by atoms with Gasteiger partial charge in [0.15, 0.2) is 0 Å². The molecule has 0 amide bonds. The minimum atomic E-state index is -1.36. The first-order valence-corrected chi connectivity index (χ1v) is 9.73. The predicted octanol–water partition coefficient (Wildman–Crippen LogP) is 2.09. The van der Waals surface area contributed by atoms with Crippen molar-refractivity contribution in [2.45, 2.75) is 37.8 Å². The van der Waals surface area contributed by atoms with Gasteiger partial charge in [0.25, 0.3) is 0 Å². The maximum absolute atomic E-state index is 9.83. The number of aliphatic hydroxyl groups is 1. The Labute approximate surface area is 110 Å². The molecule has 1 N–H and O–H groups in total. The topological polar surface area (TPSA) is 32.8 Å². The van der Waals surface area contributed by atoms with Gasteiger partial charge < -0.3 is 9.84 Å². The van der Waals surface area contributed by atoms with Gasteiger partial charge in [-0.1, -0.05) is 48.6 Å². The zero-order chi connectivity index (χ0) is 13.2. The lowest BCUT2D eigenvalue weighted by molar-refractivity contribution is 0.135. The minimum Gasteiger partial charge on any atom is -0.390 e. The van der Waals surface area contributed by atoms with Gasteiger partial charge in [-0.25, -0.2) is 0 Å². The second-order valence-corrected chi connectivity index (χ2v) is 10.5. The van der Waals surface area contributed by atoms with Gasteiger partial charge >= 0.3 is 0 Å². The van der Waals surface area contributed by atoms with Crippen molar-refractivity contribution in [3.8, 4) is 0 Å². The Bertz CT molecular complexity index is 407. The molecule has 2 rings (SSSR count). The Morgan fingerprint density at radius 3 is 2.56 bits per heavy atom. The van der Waals surface area contributed by atoms with Crippen molar-refractivity contribution >= 4 is 13.3 Å². The molecule has 0 spiro atoms. The second kappa shape index (κ2) is 5.39. The summed E-state index contributed by atoms with van der Waals surface area (Å²) in [5.74, 6) is 0. The number of allylic oxidation sites excluding steroid dienone is 1. The quantitative estimate of drug-likeness (QED) is 0.484. The summed E-state index contributed by atoms with van der Waals surface area (Å²) in [5, 5.41) is 11.3. The molecular formula is C15H22O2Si. The first-order valence-electron chi connectivity index (χ1n) is 6.53. The molecule has 98 valence electrons. The van der Waals surface area contributed by atoms with E-state index in [4.69, 9.17) is 4.74 Å². The summed E-state index contributed by atoms with van der Waals surface area (Å²) >= 11 is 0. The summed E-state index contributed by atoms with van der Waals surface area (Å²) in [7, 11) is -1.36. The fourth-order valence-corrected chi connectivity index (χ4v) is 4.25. The van der Waals surface area contributed by atoms with Gasteiger partial charge in [0.2, 0.25) is 0 Å². The zero-order valence-corrected chi connectivity index (χ0v) is 12.2. The van der Waals surface area contributed by atoms with E-state index in [0.717, 1.165) is 6.04 Å². The van der Waals surface area contributed by atoms with Crippen molar-refractivity contribution in [2.75, 3.05) is 6.61 Å². The normalized spacial score (nSPS) is 20.5. The summed E-state index contributed by atoms with van der Waals surface area (Å²) in [6.07, 6.45) is 2.42. The van der Waals surface area contributed by atoms with Gasteiger partial charge in [0.05, 0.1) is 20.8 Å². The summed E-state index contributed by atoms with van der Waals surface area (Å²) in [6, 6.07) is 9.81. The van der Waals surface area contributed by atoms with Crippen LogP contribution >= 0.6 is 0 Å². The standard InChI is InChI=1S/C15H22O2Si/c1-4-9-18(2,3)13-7-5-12(6-8-13)10-14(16)15-11-17-15/h4-8,14-16H,1,9-11H2,2-3H3/t14-,15+/m1/s1. The Morgan fingerprint density at radius 1 is 1.44 bits per heavy atom. The number of rotatable bonds is 6. The zero-order valence-electron chi connectivity index (χ0n) is 11.2. The van der Waals surface area contributed by atoms with Crippen molar-refractivity contribution in [2.24, 2.45) is 0 Å². The molecule has 2 nitrogen and oxygen atoms in total. The van der Waals surface area contributed by atoms with E-state index in [9.17, 15) is 5.11 Å². The molecule has 1 aromatic rings.